The van der Waals surface area contributed by atoms with E-state index in [0.29, 0.717) is 30.9 Å². The van der Waals surface area contributed by atoms with Crippen LogP contribution in [-0.4, -0.2) is 50.5 Å². The number of carbonyl (C=O) groups excluding carboxylic acids is 1. The molecule has 3 rings (SSSR count). The highest BCUT2D eigenvalue weighted by Gasteiger charge is 2.35. The minimum absolute atomic E-state index is 0.000400. The second-order valence-corrected chi connectivity index (χ2v) is 9.44. The molecule has 2 aromatic rings. The topological polar surface area (TPSA) is 72.9 Å². The molecule has 0 saturated carbocycles. The smallest absolute Gasteiger partial charge is 0.254 e. The molecule has 0 aromatic heterocycles. The van der Waals surface area contributed by atoms with Gasteiger partial charge in [-0.05, 0) is 48.7 Å². The first-order chi connectivity index (χ1) is 13.9. The lowest BCUT2D eigenvalue weighted by atomic mass is 10.1. The molecular weight excluding hydrogens is 390 g/mol. The van der Waals surface area contributed by atoms with E-state index in [0.717, 1.165) is 17.7 Å². The van der Waals surface area contributed by atoms with Crippen molar-refractivity contribution in [2.24, 2.45) is 0 Å². The van der Waals surface area contributed by atoms with Crippen LogP contribution in [-0.2, 0) is 16.4 Å². The van der Waals surface area contributed by atoms with Crippen LogP contribution in [0.5, 0.6) is 11.5 Å². The number of rotatable bonds is 8. The second-order valence-electron chi connectivity index (χ2n) is 7.21. The first-order valence-corrected chi connectivity index (χ1v) is 11.6. The van der Waals surface area contributed by atoms with Gasteiger partial charge in [-0.25, -0.2) is 8.42 Å². The zero-order chi connectivity index (χ0) is 20.9. The van der Waals surface area contributed by atoms with Gasteiger partial charge in [0.2, 0.25) is 0 Å². The SMILES string of the molecule is CCCOc1ccc(CN(C(=O)c2cccc(OC)c2)[C@H]2CCS(=O)(=O)C2)cc1. The molecule has 0 N–H and O–H groups in total. The van der Waals surface area contributed by atoms with E-state index < -0.39 is 9.84 Å². The Kier molecular flexibility index (Phi) is 6.79. The highest BCUT2D eigenvalue weighted by atomic mass is 32.2. The predicted octanol–water partition coefficient (Wildman–Crippen LogP) is 3.31. The molecule has 1 saturated heterocycles. The predicted molar refractivity (Wildman–Crippen MR) is 112 cm³/mol. The van der Waals surface area contributed by atoms with Crippen molar-refractivity contribution < 1.29 is 22.7 Å². The maximum atomic E-state index is 13.3. The van der Waals surface area contributed by atoms with E-state index in [1.54, 1.807) is 36.3 Å². The number of nitrogens with zero attached hydrogens (tertiary/aromatic N) is 1. The third kappa shape index (κ3) is 5.50. The summed E-state index contributed by atoms with van der Waals surface area (Å²) >= 11 is 0. The lowest BCUT2D eigenvalue weighted by molar-refractivity contribution is 0.0680. The molecule has 2 aromatic carbocycles. The summed E-state index contributed by atoms with van der Waals surface area (Å²) in [5, 5.41) is 0. The average Bonchev–Trinajstić information content (AvgIpc) is 3.10. The number of hydrogen-bond donors (Lipinski definition) is 0. The molecule has 0 aliphatic carbocycles. The van der Waals surface area contributed by atoms with Gasteiger partial charge in [-0.3, -0.25) is 4.79 Å². The zero-order valence-corrected chi connectivity index (χ0v) is 17.7. The fraction of sp³-hybridized carbons (Fsp3) is 0.409. The summed E-state index contributed by atoms with van der Waals surface area (Å²) in [6.45, 7) is 3.04. The van der Waals surface area contributed by atoms with Crippen LogP contribution in [0.3, 0.4) is 0 Å². The van der Waals surface area contributed by atoms with E-state index in [9.17, 15) is 13.2 Å². The quantitative estimate of drug-likeness (QED) is 0.659. The summed E-state index contributed by atoms with van der Waals surface area (Å²) in [5.74, 6) is 1.29. The fourth-order valence-electron chi connectivity index (χ4n) is 3.42. The van der Waals surface area contributed by atoms with Crippen molar-refractivity contribution in [3.8, 4) is 11.5 Å². The number of benzene rings is 2. The Bertz CT molecular complexity index is 940. The van der Waals surface area contributed by atoms with Crippen molar-refractivity contribution >= 4 is 15.7 Å². The molecule has 1 heterocycles. The van der Waals surface area contributed by atoms with Crippen LogP contribution >= 0.6 is 0 Å². The summed E-state index contributed by atoms with van der Waals surface area (Å²) in [4.78, 5) is 14.9. The normalized spacial score (nSPS) is 17.7. The lowest BCUT2D eigenvalue weighted by Gasteiger charge is -2.29. The molecule has 7 heteroatoms. The standard InChI is InChI=1S/C22H27NO5S/c1-3-12-28-20-9-7-17(8-10-20)15-23(19-11-13-29(25,26)16-19)22(24)18-5-4-6-21(14-18)27-2/h4-10,14,19H,3,11-13,15-16H2,1-2H3/t19-/m0/s1. The largest absolute Gasteiger partial charge is 0.497 e. The number of hydrogen-bond acceptors (Lipinski definition) is 5. The van der Waals surface area contributed by atoms with Crippen molar-refractivity contribution in [3.05, 3.63) is 59.7 Å². The molecule has 1 aliphatic heterocycles. The van der Waals surface area contributed by atoms with E-state index in [4.69, 9.17) is 9.47 Å². The molecule has 1 fully saturated rings. The number of carbonyl (C=O) groups is 1. The van der Waals surface area contributed by atoms with Crippen molar-refractivity contribution in [3.63, 3.8) is 0 Å². The van der Waals surface area contributed by atoms with Crippen LogP contribution < -0.4 is 9.47 Å². The van der Waals surface area contributed by atoms with Gasteiger partial charge in [0.25, 0.3) is 5.91 Å². The first-order valence-electron chi connectivity index (χ1n) is 9.79. The highest BCUT2D eigenvalue weighted by molar-refractivity contribution is 7.91. The lowest BCUT2D eigenvalue weighted by Crippen LogP contribution is -2.40. The van der Waals surface area contributed by atoms with Gasteiger partial charge in [0.05, 0.1) is 25.2 Å². The van der Waals surface area contributed by atoms with Gasteiger partial charge < -0.3 is 14.4 Å². The Morgan fingerprint density at radius 1 is 1.14 bits per heavy atom. The Morgan fingerprint density at radius 3 is 2.52 bits per heavy atom. The van der Waals surface area contributed by atoms with Crippen molar-refractivity contribution in [2.75, 3.05) is 25.2 Å². The van der Waals surface area contributed by atoms with Crippen LogP contribution in [0.4, 0.5) is 0 Å². The molecular formula is C22H27NO5S. The summed E-state index contributed by atoms with van der Waals surface area (Å²) in [6.07, 6.45) is 1.39. The highest BCUT2D eigenvalue weighted by Crippen LogP contribution is 2.24. The summed E-state index contributed by atoms with van der Waals surface area (Å²) in [6, 6.07) is 14.2. The Labute approximate surface area is 172 Å². The molecule has 0 bridgehead atoms. The molecule has 0 radical (unpaired) electrons. The first kappa shape index (κ1) is 21.2. The number of sulfone groups is 1. The van der Waals surface area contributed by atoms with E-state index in [1.165, 1.54) is 0 Å². The third-order valence-electron chi connectivity index (χ3n) is 4.98. The zero-order valence-electron chi connectivity index (χ0n) is 16.8. The van der Waals surface area contributed by atoms with Gasteiger partial charge >= 0.3 is 0 Å². The van der Waals surface area contributed by atoms with Gasteiger partial charge in [0.15, 0.2) is 9.84 Å². The van der Waals surface area contributed by atoms with Gasteiger partial charge in [-0.15, -0.1) is 0 Å². The molecule has 1 amide bonds. The van der Waals surface area contributed by atoms with Gasteiger partial charge in [0.1, 0.15) is 11.5 Å². The van der Waals surface area contributed by atoms with Crippen molar-refractivity contribution in [1.82, 2.24) is 4.90 Å². The van der Waals surface area contributed by atoms with E-state index in [2.05, 4.69) is 0 Å². The number of ether oxygens (including phenoxy) is 2. The van der Waals surface area contributed by atoms with Crippen LogP contribution in [0.2, 0.25) is 0 Å². The fourth-order valence-corrected chi connectivity index (χ4v) is 5.15. The van der Waals surface area contributed by atoms with E-state index >= 15 is 0 Å². The summed E-state index contributed by atoms with van der Waals surface area (Å²) in [5.41, 5.74) is 1.41. The van der Waals surface area contributed by atoms with Crippen molar-refractivity contribution in [1.29, 1.82) is 0 Å². The van der Waals surface area contributed by atoms with E-state index in [-0.39, 0.29) is 23.5 Å². The minimum atomic E-state index is -3.12. The molecule has 29 heavy (non-hydrogen) atoms. The minimum Gasteiger partial charge on any atom is -0.497 e. The monoisotopic (exact) mass is 417 g/mol. The van der Waals surface area contributed by atoms with Gasteiger partial charge in [-0.1, -0.05) is 25.1 Å². The van der Waals surface area contributed by atoms with E-state index in [1.807, 2.05) is 31.2 Å². The molecule has 6 nitrogen and oxygen atoms in total. The van der Waals surface area contributed by atoms with Crippen LogP contribution in [0.25, 0.3) is 0 Å². The van der Waals surface area contributed by atoms with Gasteiger partial charge in [-0.2, -0.15) is 0 Å². The molecule has 1 atom stereocenters. The number of methoxy groups -OCH3 is 1. The number of amides is 1. The van der Waals surface area contributed by atoms with Crippen LogP contribution in [0.1, 0.15) is 35.7 Å². The van der Waals surface area contributed by atoms with Crippen molar-refractivity contribution in [2.45, 2.75) is 32.4 Å². The average molecular weight is 418 g/mol. The molecule has 0 unspecified atom stereocenters. The molecule has 0 spiro atoms. The summed E-state index contributed by atoms with van der Waals surface area (Å²) in [7, 11) is -1.57. The Hall–Kier alpha value is -2.54. The third-order valence-corrected chi connectivity index (χ3v) is 6.73. The maximum Gasteiger partial charge on any atom is 0.254 e. The summed E-state index contributed by atoms with van der Waals surface area (Å²) < 4.78 is 34.9. The van der Waals surface area contributed by atoms with Gasteiger partial charge in [0, 0.05) is 18.2 Å². The molecule has 1 aliphatic rings. The van der Waals surface area contributed by atoms with Crippen LogP contribution in [0.15, 0.2) is 48.5 Å². The van der Waals surface area contributed by atoms with Crippen LogP contribution in [0, 0.1) is 0 Å². The maximum absolute atomic E-state index is 13.3. The molecule has 156 valence electrons. The Balaban J connectivity index is 1.84. The Morgan fingerprint density at radius 2 is 1.90 bits per heavy atom. The second kappa shape index (κ2) is 9.31.